The summed E-state index contributed by atoms with van der Waals surface area (Å²) in [6, 6.07) is 7.76. The van der Waals surface area contributed by atoms with Crippen LogP contribution in [0.15, 0.2) is 36.7 Å². The molecule has 1 unspecified atom stereocenters. The monoisotopic (exact) mass is 360 g/mol. The molecule has 1 atom stereocenters. The van der Waals surface area contributed by atoms with Gasteiger partial charge in [-0.05, 0) is 37.0 Å². The van der Waals surface area contributed by atoms with Crippen LogP contribution < -0.4 is 10.6 Å². The van der Waals surface area contributed by atoms with Crippen molar-refractivity contribution in [2.24, 2.45) is 0 Å². The molecule has 1 aliphatic rings. The number of amides is 1. The number of carbonyl (C=O) groups is 1. The maximum absolute atomic E-state index is 12.0. The third-order valence-electron chi connectivity index (χ3n) is 4.01. The smallest absolute Gasteiger partial charge is 0.271 e. The Hall–Kier alpha value is -2.18. The van der Waals surface area contributed by atoms with Gasteiger partial charge in [-0.1, -0.05) is 23.7 Å². The molecular weight excluding hydrogens is 340 g/mol. The van der Waals surface area contributed by atoms with Gasteiger partial charge in [0.05, 0.1) is 18.5 Å². The summed E-state index contributed by atoms with van der Waals surface area (Å²) in [5.74, 6) is 0.409. The molecule has 1 amide bonds. The zero-order valence-electron chi connectivity index (χ0n) is 13.9. The molecular formula is C18H21ClN4O2. The predicted octanol–water partition coefficient (Wildman–Crippen LogP) is 2.69. The molecule has 3 rings (SSSR count). The van der Waals surface area contributed by atoms with Crippen molar-refractivity contribution in [3.8, 4) is 0 Å². The highest BCUT2D eigenvalue weighted by Gasteiger charge is 2.17. The van der Waals surface area contributed by atoms with Crippen molar-refractivity contribution < 1.29 is 9.53 Å². The van der Waals surface area contributed by atoms with Crippen molar-refractivity contribution in [2.45, 2.75) is 25.4 Å². The number of ether oxygens (including phenoxy) is 1. The molecule has 1 fully saturated rings. The normalized spacial score (nSPS) is 16.6. The van der Waals surface area contributed by atoms with E-state index in [1.807, 2.05) is 24.3 Å². The number of carbonyl (C=O) groups excluding carboxylic acids is 1. The fraction of sp³-hybridized carbons (Fsp3) is 0.389. The molecule has 1 aromatic heterocycles. The third kappa shape index (κ3) is 5.41. The van der Waals surface area contributed by atoms with E-state index in [2.05, 4.69) is 20.6 Å². The van der Waals surface area contributed by atoms with Crippen molar-refractivity contribution in [2.75, 3.05) is 25.0 Å². The molecule has 1 aliphatic heterocycles. The Labute approximate surface area is 152 Å². The lowest BCUT2D eigenvalue weighted by Gasteiger charge is -2.10. The first-order chi connectivity index (χ1) is 12.2. The summed E-state index contributed by atoms with van der Waals surface area (Å²) in [6.07, 6.45) is 6.03. The van der Waals surface area contributed by atoms with E-state index >= 15 is 0 Å². The number of hydrogen-bond donors (Lipinski definition) is 2. The van der Waals surface area contributed by atoms with Crippen LogP contribution in [0.2, 0.25) is 5.02 Å². The van der Waals surface area contributed by atoms with E-state index < -0.39 is 0 Å². The molecule has 25 heavy (non-hydrogen) atoms. The van der Waals surface area contributed by atoms with E-state index in [0.29, 0.717) is 24.6 Å². The van der Waals surface area contributed by atoms with Crippen LogP contribution in [0.5, 0.6) is 0 Å². The summed E-state index contributed by atoms with van der Waals surface area (Å²) in [7, 11) is 0. The van der Waals surface area contributed by atoms with Crippen molar-refractivity contribution in [1.82, 2.24) is 15.3 Å². The van der Waals surface area contributed by atoms with Gasteiger partial charge < -0.3 is 15.4 Å². The Balaban J connectivity index is 1.44. The molecule has 7 heteroatoms. The van der Waals surface area contributed by atoms with Crippen LogP contribution in [0.4, 0.5) is 5.82 Å². The van der Waals surface area contributed by atoms with Gasteiger partial charge >= 0.3 is 0 Å². The summed E-state index contributed by atoms with van der Waals surface area (Å²) < 4.78 is 5.48. The fourth-order valence-corrected chi connectivity index (χ4v) is 2.88. The van der Waals surface area contributed by atoms with Gasteiger partial charge in [0.2, 0.25) is 0 Å². The van der Waals surface area contributed by atoms with E-state index in [1.165, 1.54) is 6.20 Å². The maximum Gasteiger partial charge on any atom is 0.271 e. The number of nitrogens with zero attached hydrogens (tertiary/aromatic N) is 2. The van der Waals surface area contributed by atoms with Crippen molar-refractivity contribution >= 4 is 23.3 Å². The van der Waals surface area contributed by atoms with E-state index in [4.69, 9.17) is 16.3 Å². The third-order valence-corrected chi connectivity index (χ3v) is 4.24. The highest BCUT2D eigenvalue weighted by molar-refractivity contribution is 6.30. The molecule has 0 radical (unpaired) electrons. The molecule has 2 heterocycles. The van der Waals surface area contributed by atoms with Gasteiger partial charge in [-0.2, -0.15) is 0 Å². The number of anilines is 1. The Morgan fingerprint density at radius 3 is 2.96 bits per heavy atom. The molecule has 2 aromatic rings. The first-order valence-electron chi connectivity index (χ1n) is 8.41. The molecule has 6 nitrogen and oxygen atoms in total. The van der Waals surface area contributed by atoms with Gasteiger partial charge in [-0.15, -0.1) is 0 Å². The zero-order valence-corrected chi connectivity index (χ0v) is 14.6. The fourth-order valence-electron chi connectivity index (χ4n) is 2.67. The molecule has 132 valence electrons. The number of nitrogens with one attached hydrogen (secondary N) is 2. The van der Waals surface area contributed by atoms with Crippen LogP contribution >= 0.6 is 11.6 Å². The first-order valence-corrected chi connectivity index (χ1v) is 8.78. The quantitative estimate of drug-likeness (QED) is 0.794. The number of hydrogen-bond acceptors (Lipinski definition) is 5. The lowest BCUT2D eigenvalue weighted by atomic mass is 10.1. The zero-order chi connectivity index (χ0) is 17.5. The number of halogens is 1. The van der Waals surface area contributed by atoms with Crippen LogP contribution in [0.1, 0.15) is 28.9 Å². The molecule has 1 saturated heterocycles. The van der Waals surface area contributed by atoms with Gasteiger partial charge in [-0.3, -0.25) is 4.79 Å². The molecule has 0 bridgehead atoms. The second-order valence-electron chi connectivity index (χ2n) is 5.94. The lowest BCUT2D eigenvalue weighted by molar-refractivity contribution is 0.0853. The van der Waals surface area contributed by atoms with Crippen molar-refractivity contribution in [1.29, 1.82) is 0 Å². The van der Waals surface area contributed by atoms with Crippen LogP contribution in [0, 0.1) is 0 Å². The number of benzene rings is 1. The van der Waals surface area contributed by atoms with Gasteiger partial charge in [0.25, 0.3) is 5.91 Å². The highest BCUT2D eigenvalue weighted by Crippen LogP contribution is 2.12. The van der Waals surface area contributed by atoms with E-state index in [-0.39, 0.29) is 12.0 Å². The SMILES string of the molecule is O=C(NCC1CCCO1)c1cnc(NCCc2cccc(Cl)c2)cn1. The Bertz CT molecular complexity index is 702. The van der Waals surface area contributed by atoms with Gasteiger partial charge in [0.1, 0.15) is 11.5 Å². The number of aromatic nitrogens is 2. The average Bonchev–Trinajstić information content (AvgIpc) is 3.14. The summed E-state index contributed by atoms with van der Waals surface area (Å²) in [5, 5.41) is 6.75. The van der Waals surface area contributed by atoms with Crippen LogP contribution in [-0.2, 0) is 11.2 Å². The molecule has 1 aromatic carbocycles. The minimum atomic E-state index is -0.228. The molecule has 2 N–H and O–H groups in total. The van der Waals surface area contributed by atoms with Crippen LogP contribution in [-0.4, -0.2) is 41.7 Å². The van der Waals surface area contributed by atoms with Gasteiger partial charge in [0, 0.05) is 24.7 Å². The molecule has 0 spiro atoms. The van der Waals surface area contributed by atoms with E-state index in [0.717, 1.165) is 36.5 Å². The minimum absolute atomic E-state index is 0.115. The Morgan fingerprint density at radius 2 is 2.24 bits per heavy atom. The standard InChI is InChI=1S/C18H21ClN4O2/c19-14-4-1-3-13(9-14)6-7-20-17-12-21-16(11-22-17)18(24)23-10-15-5-2-8-25-15/h1,3-4,9,11-12,15H,2,5-8,10H2,(H,20,22)(H,23,24). The van der Waals surface area contributed by atoms with Gasteiger partial charge in [0.15, 0.2) is 0 Å². The van der Waals surface area contributed by atoms with Crippen LogP contribution in [0.25, 0.3) is 0 Å². The molecule has 0 saturated carbocycles. The van der Waals surface area contributed by atoms with Gasteiger partial charge in [-0.25, -0.2) is 9.97 Å². The minimum Gasteiger partial charge on any atom is -0.376 e. The second kappa shape index (κ2) is 8.78. The predicted molar refractivity (Wildman–Crippen MR) is 97.0 cm³/mol. The van der Waals surface area contributed by atoms with Crippen molar-refractivity contribution in [3.63, 3.8) is 0 Å². The first kappa shape index (κ1) is 17.6. The second-order valence-corrected chi connectivity index (χ2v) is 6.38. The maximum atomic E-state index is 12.0. The van der Waals surface area contributed by atoms with E-state index in [1.54, 1.807) is 6.20 Å². The molecule has 0 aliphatic carbocycles. The van der Waals surface area contributed by atoms with E-state index in [9.17, 15) is 4.79 Å². The summed E-state index contributed by atoms with van der Waals surface area (Å²) in [6.45, 7) is 2.00. The summed E-state index contributed by atoms with van der Waals surface area (Å²) in [4.78, 5) is 20.4. The summed E-state index contributed by atoms with van der Waals surface area (Å²) in [5.41, 5.74) is 1.46. The Kier molecular flexibility index (Phi) is 6.19. The highest BCUT2D eigenvalue weighted by atomic mass is 35.5. The topological polar surface area (TPSA) is 76.1 Å². The largest absolute Gasteiger partial charge is 0.376 e. The number of rotatable bonds is 7. The van der Waals surface area contributed by atoms with Crippen LogP contribution in [0.3, 0.4) is 0 Å². The lowest BCUT2D eigenvalue weighted by Crippen LogP contribution is -2.32. The Morgan fingerprint density at radius 1 is 1.32 bits per heavy atom. The average molecular weight is 361 g/mol. The summed E-state index contributed by atoms with van der Waals surface area (Å²) >= 11 is 5.97. The van der Waals surface area contributed by atoms with Crippen molar-refractivity contribution in [3.05, 3.63) is 52.9 Å².